The number of halogens is 3. The Balaban J connectivity index is 2.76. The predicted octanol–water partition coefficient (Wildman–Crippen LogP) is 2.04. The highest BCUT2D eigenvalue weighted by molar-refractivity contribution is 7.98. The highest BCUT2D eigenvalue weighted by atomic mass is 32.2. The molecule has 0 aliphatic heterocycles. The fraction of sp³-hybridized carbons (Fsp3) is 0.417. The largest absolute Gasteiger partial charge is 0.480 e. The predicted molar refractivity (Wildman–Crippen MR) is 71.1 cm³/mol. The molecule has 0 unspecified atom stereocenters. The van der Waals surface area contributed by atoms with Crippen LogP contribution in [0.25, 0.3) is 0 Å². The molecule has 5 nitrogen and oxygen atoms in total. The number of carbonyl (C=O) groups excluding carboxylic acids is 1. The molecule has 0 aliphatic rings. The van der Waals surface area contributed by atoms with Gasteiger partial charge in [0.25, 0.3) is 5.91 Å². The Labute approximate surface area is 122 Å². The van der Waals surface area contributed by atoms with Gasteiger partial charge >= 0.3 is 12.1 Å². The van der Waals surface area contributed by atoms with E-state index in [1.807, 2.05) is 0 Å². The van der Waals surface area contributed by atoms with Gasteiger partial charge in [-0.3, -0.25) is 9.78 Å². The van der Waals surface area contributed by atoms with E-state index in [1.165, 1.54) is 11.8 Å². The molecule has 1 rings (SSSR count). The Kier molecular flexibility index (Phi) is 6.01. The molecular formula is C12H13F3N2O3S. The standard InChI is InChI=1S/C12H13F3N2O3S/c1-21-5-4-9(11(19)20)17-10(18)8-3-2-7(6-16-8)12(13,14)15/h2-3,6,9H,4-5H2,1H3,(H,17,18)(H,19,20)/t9-/m1/s1. The maximum atomic E-state index is 12.4. The number of aliphatic carboxylic acids is 1. The third-order valence-corrected chi connectivity index (χ3v) is 3.18. The van der Waals surface area contributed by atoms with Gasteiger partial charge in [-0.1, -0.05) is 0 Å². The van der Waals surface area contributed by atoms with E-state index in [0.29, 0.717) is 11.9 Å². The van der Waals surface area contributed by atoms with Crippen molar-refractivity contribution in [1.82, 2.24) is 10.3 Å². The summed E-state index contributed by atoms with van der Waals surface area (Å²) in [4.78, 5) is 26.1. The van der Waals surface area contributed by atoms with Crippen molar-refractivity contribution >= 4 is 23.6 Å². The highest BCUT2D eigenvalue weighted by Crippen LogP contribution is 2.28. The Bertz CT molecular complexity index is 505. The third kappa shape index (κ3) is 5.25. The topological polar surface area (TPSA) is 79.3 Å². The van der Waals surface area contributed by atoms with Gasteiger partial charge in [0.1, 0.15) is 11.7 Å². The van der Waals surface area contributed by atoms with E-state index in [1.54, 1.807) is 6.26 Å². The fourth-order valence-corrected chi connectivity index (χ4v) is 1.89. The molecule has 0 bridgehead atoms. The number of carbonyl (C=O) groups is 2. The van der Waals surface area contributed by atoms with Crippen LogP contribution in [0.3, 0.4) is 0 Å². The number of hydrogen-bond donors (Lipinski definition) is 2. The van der Waals surface area contributed by atoms with Gasteiger partial charge in [0.05, 0.1) is 5.56 Å². The summed E-state index contributed by atoms with van der Waals surface area (Å²) in [7, 11) is 0. The van der Waals surface area contributed by atoms with Crippen LogP contribution in [0.4, 0.5) is 13.2 Å². The second kappa shape index (κ2) is 7.30. The minimum absolute atomic E-state index is 0.211. The van der Waals surface area contributed by atoms with E-state index in [2.05, 4.69) is 10.3 Å². The van der Waals surface area contributed by atoms with Crippen LogP contribution in [0, 0.1) is 0 Å². The molecule has 116 valence electrons. The summed E-state index contributed by atoms with van der Waals surface area (Å²) in [6.45, 7) is 0. The first-order chi connectivity index (χ1) is 9.75. The fourth-order valence-electron chi connectivity index (χ4n) is 1.42. The molecule has 0 aliphatic carbocycles. The number of carboxylic acid groups (broad SMARTS) is 1. The van der Waals surface area contributed by atoms with E-state index in [4.69, 9.17) is 5.11 Å². The first-order valence-corrected chi connectivity index (χ1v) is 7.21. The number of aromatic nitrogens is 1. The van der Waals surface area contributed by atoms with Crippen LogP contribution in [0.2, 0.25) is 0 Å². The van der Waals surface area contributed by atoms with Crippen LogP contribution in [0.15, 0.2) is 18.3 Å². The van der Waals surface area contributed by atoms with Crippen LogP contribution < -0.4 is 5.32 Å². The van der Waals surface area contributed by atoms with E-state index in [-0.39, 0.29) is 12.1 Å². The molecule has 21 heavy (non-hydrogen) atoms. The number of hydrogen-bond acceptors (Lipinski definition) is 4. The van der Waals surface area contributed by atoms with Crippen molar-refractivity contribution in [3.05, 3.63) is 29.6 Å². The average molecular weight is 322 g/mol. The molecule has 0 aromatic carbocycles. The van der Waals surface area contributed by atoms with Crippen molar-refractivity contribution in [2.24, 2.45) is 0 Å². The van der Waals surface area contributed by atoms with E-state index < -0.39 is 29.7 Å². The quantitative estimate of drug-likeness (QED) is 0.838. The summed E-state index contributed by atoms with van der Waals surface area (Å²) in [6, 6.07) is 0.527. The summed E-state index contributed by atoms with van der Waals surface area (Å²) in [5.41, 5.74) is -1.24. The zero-order valence-electron chi connectivity index (χ0n) is 11.0. The van der Waals surface area contributed by atoms with Gasteiger partial charge in [0.2, 0.25) is 0 Å². The van der Waals surface area contributed by atoms with Crippen molar-refractivity contribution in [3.8, 4) is 0 Å². The van der Waals surface area contributed by atoms with Gasteiger partial charge in [-0.2, -0.15) is 24.9 Å². The zero-order valence-corrected chi connectivity index (χ0v) is 11.8. The SMILES string of the molecule is CSCC[C@@H](NC(=O)c1ccc(C(F)(F)F)cn1)C(=O)O. The minimum atomic E-state index is -4.54. The number of nitrogens with one attached hydrogen (secondary N) is 1. The van der Waals surface area contributed by atoms with Gasteiger partial charge < -0.3 is 10.4 Å². The van der Waals surface area contributed by atoms with Crippen LogP contribution in [-0.2, 0) is 11.0 Å². The normalized spacial score (nSPS) is 12.8. The van der Waals surface area contributed by atoms with E-state index in [0.717, 1.165) is 12.1 Å². The Hall–Kier alpha value is -1.77. The molecule has 1 atom stereocenters. The Morgan fingerprint density at radius 3 is 2.52 bits per heavy atom. The van der Waals surface area contributed by atoms with Gasteiger partial charge in [-0.05, 0) is 30.6 Å². The molecule has 1 aromatic rings. The lowest BCUT2D eigenvalue weighted by Crippen LogP contribution is -2.41. The molecule has 0 spiro atoms. The van der Waals surface area contributed by atoms with Crippen molar-refractivity contribution in [2.75, 3.05) is 12.0 Å². The molecule has 1 amide bonds. The Morgan fingerprint density at radius 2 is 2.10 bits per heavy atom. The summed E-state index contributed by atoms with van der Waals surface area (Å²) in [6.07, 6.45) is -2.00. The average Bonchev–Trinajstić information content (AvgIpc) is 2.42. The molecule has 0 fully saturated rings. The molecular weight excluding hydrogens is 309 g/mol. The summed E-state index contributed by atoms with van der Waals surface area (Å²) in [5, 5.41) is 11.2. The maximum Gasteiger partial charge on any atom is 0.417 e. The van der Waals surface area contributed by atoms with Crippen LogP contribution in [0.5, 0.6) is 0 Å². The second-order valence-electron chi connectivity index (χ2n) is 4.08. The summed E-state index contributed by atoms with van der Waals surface area (Å²) >= 11 is 1.42. The first kappa shape index (κ1) is 17.3. The molecule has 2 N–H and O–H groups in total. The van der Waals surface area contributed by atoms with Gasteiger partial charge in [-0.15, -0.1) is 0 Å². The minimum Gasteiger partial charge on any atom is -0.480 e. The first-order valence-electron chi connectivity index (χ1n) is 5.81. The van der Waals surface area contributed by atoms with Crippen molar-refractivity contribution in [1.29, 1.82) is 0 Å². The molecule has 1 aromatic heterocycles. The van der Waals surface area contributed by atoms with E-state index in [9.17, 15) is 22.8 Å². The van der Waals surface area contributed by atoms with Crippen molar-refractivity contribution in [3.63, 3.8) is 0 Å². The lowest BCUT2D eigenvalue weighted by molar-refractivity contribution is -0.139. The molecule has 1 heterocycles. The van der Waals surface area contributed by atoms with Crippen molar-refractivity contribution < 1.29 is 27.9 Å². The number of carboxylic acids is 1. The number of amides is 1. The van der Waals surface area contributed by atoms with E-state index >= 15 is 0 Å². The highest BCUT2D eigenvalue weighted by Gasteiger charge is 2.31. The molecule has 0 saturated carbocycles. The Morgan fingerprint density at radius 1 is 1.43 bits per heavy atom. The van der Waals surface area contributed by atoms with Gasteiger partial charge in [0, 0.05) is 6.20 Å². The summed E-state index contributed by atoms with van der Waals surface area (Å²) < 4.78 is 37.1. The molecule has 0 saturated heterocycles. The third-order valence-electron chi connectivity index (χ3n) is 2.54. The van der Waals surface area contributed by atoms with Gasteiger partial charge in [-0.25, -0.2) is 4.79 Å². The number of rotatable bonds is 6. The number of alkyl halides is 3. The molecule has 0 radical (unpaired) electrons. The zero-order chi connectivity index (χ0) is 16.0. The maximum absolute atomic E-state index is 12.4. The van der Waals surface area contributed by atoms with Gasteiger partial charge in [0.15, 0.2) is 0 Å². The lowest BCUT2D eigenvalue weighted by Gasteiger charge is -2.13. The number of nitrogens with zero attached hydrogens (tertiary/aromatic N) is 1. The number of thioether (sulfide) groups is 1. The van der Waals surface area contributed by atoms with Crippen molar-refractivity contribution in [2.45, 2.75) is 18.6 Å². The second-order valence-corrected chi connectivity index (χ2v) is 5.06. The monoisotopic (exact) mass is 322 g/mol. The number of pyridine rings is 1. The molecule has 9 heteroatoms. The van der Waals surface area contributed by atoms with Crippen LogP contribution in [0.1, 0.15) is 22.5 Å². The lowest BCUT2D eigenvalue weighted by atomic mass is 10.2. The van der Waals surface area contributed by atoms with Crippen LogP contribution >= 0.6 is 11.8 Å². The van der Waals surface area contributed by atoms with Crippen LogP contribution in [-0.4, -0.2) is 40.0 Å². The smallest absolute Gasteiger partial charge is 0.417 e. The summed E-state index contributed by atoms with van der Waals surface area (Å²) in [5.74, 6) is -1.50.